The van der Waals surface area contributed by atoms with E-state index in [1.54, 1.807) is 6.33 Å². The van der Waals surface area contributed by atoms with Gasteiger partial charge in [0.25, 0.3) is 0 Å². The third-order valence-electron chi connectivity index (χ3n) is 2.78. The molecule has 0 bridgehead atoms. The quantitative estimate of drug-likeness (QED) is 0.738. The summed E-state index contributed by atoms with van der Waals surface area (Å²) in [7, 11) is 0. The van der Waals surface area contributed by atoms with Gasteiger partial charge in [-0.15, -0.1) is 0 Å². The van der Waals surface area contributed by atoms with Crippen molar-refractivity contribution in [1.29, 1.82) is 0 Å². The van der Waals surface area contributed by atoms with Crippen molar-refractivity contribution in [3.05, 3.63) is 48.3 Å². The van der Waals surface area contributed by atoms with Crippen molar-refractivity contribution in [3.8, 4) is 0 Å². The Balaban J connectivity index is 2.02. The number of aromatic nitrogens is 2. The molecule has 0 saturated heterocycles. The van der Waals surface area contributed by atoms with E-state index in [2.05, 4.69) is 39.7 Å². The fourth-order valence-electron chi connectivity index (χ4n) is 1.78. The van der Waals surface area contributed by atoms with Crippen molar-refractivity contribution in [2.24, 2.45) is 5.73 Å². The van der Waals surface area contributed by atoms with Gasteiger partial charge >= 0.3 is 0 Å². The number of benzene rings is 1. The predicted octanol–water partition coefficient (Wildman–Crippen LogP) is 2.02. The van der Waals surface area contributed by atoms with E-state index >= 15 is 0 Å². The lowest BCUT2D eigenvalue weighted by atomic mass is 10.1. The fourth-order valence-corrected chi connectivity index (χ4v) is 1.78. The molecule has 1 unspecified atom stereocenters. The summed E-state index contributed by atoms with van der Waals surface area (Å²) in [6.07, 6.45) is 1.54. The summed E-state index contributed by atoms with van der Waals surface area (Å²) in [5.74, 6) is 1.58. The van der Waals surface area contributed by atoms with Gasteiger partial charge < -0.3 is 16.4 Å². The molecule has 1 aromatic carbocycles. The maximum atomic E-state index is 5.45. The molecule has 0 aliphatic rings. The summed E-state index contributed by atoms with van der Waals surface area (Å²) >= 11 is 0. The van der Waals surface area contributed by atoms with Crippen molar-refractivity contribution in [1.82, 2.24) is 9.97 Å². The smallest absolute Gasteiger partial charge is 0.131 e. The van der Waals surface area contributed by atoms with Crippen LogP contribution in [0.5, 0.6) is 0 Å². The van der Waals surface area contributed by atoms with Crippen LogP contribution in [0.4, 0.5) is 11.6 Å². The Morgan fingerprint density at radius 3 is 2.63 bits per heavy atom. The first-order valence-electron chi connectivity index (χ1n) is 6.37. The van der Waals surface area contributed by atoms with Crippen LogP contribution in [-0.4, -0.2) is 23.1 Å². The molecule has 0 saturated carbocycles. The van der Waals surface area contributed by atoms with Gasteiger partial charge in [0.2, 0.25) is 0 Å². The number of hydrogen-bond acceptors (Lipinski definition) is 5. The van der Waals surface area contributed by atoms with Crippen molar-refractivity contribution in [3.63, 3.8) is 0 Å². The van der Waals surface area contributed by atoms with Crippen LogP contribution in [0.3, 0.4) is 0 Å². The van der Waals surface area contributed by atoms with Gasteiger partial charge in [-0.1, -0.05) is 30.3 Å². The van der Waals surface area contributed by atoms with E-state index in [0.717, 1.165) is 11.6 Å². The lowest BCUT2D eigenvalue weighted by Gasteiger charge is -2.15. The topological polar surface area (TPSA) is 75.9 Å². The predicted molar refractivity (Wildman–Crippen MR) is 78.1 cm³/mol. The molecule has 0 fully saturated rings. The maximum absolute atomic E-state index is 5.45. The average Bonchev–Trinajstić information content (AvgIpc) is 2.46. The Kier molecular flexibility index (Phi) is 4.69. The molecule has 1 heterocycles. The number of anilines is 2. The standard InChI is InChI=1S/C14H19N5/c1-11(12-5-3-2-4-6-12)19-14-9-13(16-8-7-15)17-10-18-14/h2-6,9-11H,7-8,15H2,1H3,(H2,16,17,18,19). The van der Waals surface area contributed by atoms with Gasteiger partial charge in [0.1, 0.15) is 18.0 Å². The zero-order valence-electron chi connectivity index (χ0n) is 11.0. The molecule has 0 amide bonds. The summed E-state index contributed by atoms with van der Waals surface area (Å²) in [5, 5.41) is 6.48. The van der Waals surface area contributed by atoms with E-state index in [0.29, 0.717) is 13.1 Å². The lowest BCUT2D eigenvalue weighted by Crippen LogP contribution is -2.14. The van der Waals surface area contributed by atoms with Crippen molar-refractivity contribution < 1.29 is 0 Å². The van der Waals surface area contributed by atoms with Crippen LogP contribution in [-0.2, 0) is 0 Å². The largest absolute Gasteiger partial charge is 0.369 e. The minimum Gasteiger partial charge on any atom is -0.369 e. The molecular weight excluding hydrogens is 238 g/mol. The first-order chi connectivity index (χ1) is 9.29. The number of rotatable bonds is 6. The van der Waals surface area contributed by atoms with Crippen LogP contribution >= 0.6 is 0 Å². The molecule has 2 aromatic rings. The molecule has 5 heteroatoms. The summed E-state index contributed by atoms with van der Waals surface area (Å²) in [6, 6.07) is 12.3. The molecule has 0 aliphatic heterocycles. The molecule has 0 radical (unpaired) electrons. The molecule has 0 spiro atoms. The van der Waals surface area contributed by atoms with Crippen molar-refractivity contribution in [2.45, 2.75) is 13.0 Å². The van der Waals surface area contributed by atoms with Crippen LogP contribution < -0.4 is 16.4 Å². The van der Waals surface area contributed by atoms with Gasteiger partial charge in [-0.2, -0.15) is 0 Å². The van der Waals surface area contributed by atoms with Crippen LogP contribution in [0, 0.1) is 0 Å². The maximum Gasteiger partial charge on any atom is 0.131 e. The van der Waals surface area contributed by atoms with E-state index in [1.807, 2.05) is 24.3 Å². The minimum absolute atomic E-state index is 0.193. The molecule has 100 valence electrons. The number of nitrogens with one attached hydrogen (secondary N) is 2. The van der Waals surface area contributed by atoms with E-state index in [-0.39, 0.29) is 6.04 Å². The van der Waals surface area contributed by atoms with E-state index < -0.39 is 0 Å². The molecule has 19 heavy (non-hydrogen) atoms. The van der Waals surface area contributed by atoms with Crippen molar-refractivity contribution >= 4 is 11.6 Å². The number of hydrogen-bond donors (Lipinski definition) is 3. The SMILES string of the molecule is CC(Nc1cc(NCCN)ncn1)c1ccccc1. The lowest BCUT2D eigenvalue weighted by molar-refractivity contribution is 0.871. The Morgan fingerprint density at radius 1 is 1.16 bits per heavy atom. The van der Waals surface area contributed by atoms with Crippen molar-refractivity contribution in [2.75, 3.05) is 23.7 Å². The highest BCUT2D eigenvalue weighted by molar-refractivity contribution is 5.47. The fraction of sp³-hybridized carbons (Fsp3) is 0.286. The first-order valence-corrected chi connectivity index (χ1v) is 6.37. The van der Waals surface area contributed by atoms with Gasteiger partial charge in [-0.25, -0.2) is 9.97 Å². The zero-order valence-corrected chi connectivity index (χ0v) is 11.0. The van der Waals surface area contributed by atoms with Gasteiger partial charge in [0.15, 0.2) is 0 Å². The average molecular weight is 257 g/mol. The summed E-state index contributed by atoms with van der Waals surface area (Å²) in [5.41, 5.74) is 6.67. The normalized spacial score (nSPS) is 11.9. The molecule has 1 aromatic heterocycles. The summed E-state index contributed by atoms with van der Waals surface area (Å²) in [6.45, 7) is 3.38. The van der Waals surface area contributed by atoms with Crippen LogP contribution in [0.1, 0.15) is 18.5 Å². The molecule has 0 aliphatic carbocycles. The van der Waals surface area contributed by atoms with Crippen LogP contribution in [0.2, 0.25) is 0 Å². The van der Waals surface area contributed by atoms with Gasteiger partial charge in [0, 0.05) is 25.2 Å². The third-order valence-corrected chi connectivity index (χ3v) is 2.78. The Labute approximate surface area is 113 Å². The van der Waals surface area contributed by atoms with E-state index in [1.165, 1.54) is 5.56 Å². The second-order valence-electron chi connectivity index (χ2n) is 4.28. The second-order valence-corrected chi connectivity index (χ2v) is 4.28. The highest BCUT2D eigenvalue weighted by Gasteiger charge is 2.05. The molecule has 2 rings (SSSR count). The van der Waals surface area contributed by atoms with Crippen LogP contribution in [0.15, 0.2) is 42.7 Å². The third kappa shape index (κ3) is 3.93. The Hall–Kier alpha value is -2.14. The molecule has 1 atom stereocenters. The summed E-state index contributed by atoms with van der Waals surface area (Å²) < 4.78 is 0. The van der Waals surface area contributed by atoms with Crippen LogP contribution in [0.25, 0.3) is 0 Å². The molecule has 5 nitrogen and oxygen atoms in total. The van der Waals surface area contributed by atoms with E-state index in [4.69, 9.17) is 5.73 Å². The molecule has 4 N–H and O–H groups in total. The minimum atomic E-state index is 0.193. The Morgan fingerprint density at radius 2 is 1.89 bits per heavy atom. The Bertz CT molecular complexity index is 500. The van der Waals surface area contributed by atoms with E-state index in [9.17, 15) is 0 Å². The number of nitrogens with zero attached hydrogens (tertiary/aromatic N) is 2. The first kappa shape index (κ1) is 13.3. The summed E-state index contributed by atoms with van der Waals surface area (Å²) in [4.78, 5) is 8.36. The highest BCUT2D eigenvalue weighted by Crippen LogP contribution is 2.18. The highest BCUT2D eigenvalue weighted by atomic mass is 15.1. The van der Waals surface area contributed by atoms with Gasteiger partial charge in [0.05, 0.1) is 0 Å². The van der Waals surface area contributed by atoms with Gasteiger partial charge in [-0.05, 0) is 12.5 Å². The zero-order chi connectivity index (χ0) is 13.5. The molecular formula is C14H19N5. The number of nitrogens with two attached hydrogens (primary N) is 1. The monoisotopic (exact) mass is 257 g/mol. The second kappa shape index (κ2) is 6.70. The van der Waals surface area contributed by atoms with Gasteiger partial charge in [-0.3, -0.25) is 0 Å².